The smallest absolute Gasteiger partial charge is 0.408 e. The van der Waals surface area contributed by atoms with Gasteiger partial charge in [0.1, 0.15) is 17.8 Å². The Hall–Kier alpha value is -5.70. The molecule has 3 aliphatic heterocycles. The van der Waals surface area contributed by atoms with Gasteiger partial charge in [-0.2, -0.15) is 0 Å². The molecule has 3 atom stereocenters. The van der Waals surface area contributed by atoms with Gasteiger partial charge in [-0.3, -0.25) is 14.5 Å². The van der Waals surface area contributed by atoms with E-state index in [0.717, 1.165) is 50.0 Å². The van der Waals surface area contributed by atoms with Crippen LogP contribution in [0.2, 0.25) is 0 Å². The van der Waals surface area contributed by atoms with Crippen LogP contribution < -0.4 is 20.9 Å². The van der Waals surface area contributed by atoms with Gasteiger partial charge in [0, 0.05) is 31.1 Å². The van der Waals surface area contributed by atoms with Crippen LogP contribution in [0.25, 0.3) is 10.9 Å². The minimum absolute atomic E-state index is 0.0234. The maximum atomic E-state index is 13.0. The Bertz CT molecular complexity index is 2150. The summed E-state index contributed by atoms with van der Waals surface area (Å²) in [6.07, 6.45) is 2.91. The van der Waals surface area contributed by atoms with E-state index in [0.29, 0.717) is 42.1 Å². The Kier molecular flexibility index (Phi) is 11.8. The molecule has 288 valence electrons. The molecule has 3 fully saturated rings. The first-order chi connectivity index (χ1) is 26.7. The quantitative estimate of drug-likeness (QED) is 0.0760. The summed E-state index contributed by atoms with van der Waals surface area (Å²) in [7, 11) is 0. The first kappa shape index (κ1) is 37.6. The predicted octanol–water partition coefficient (Wildman–Crippen LogP) is 4.80. The number of nitrogens with zero attached hydrogens (tertiary/aromatic N) is 3. The molecule has 14 nitrogen and oxygen atoms in total. The number of carbonyl (C=O) groups is 2. The average molecular weight is 751 g/mol. The number of nitrogens with one attached hydrogen (secondary N) is 3. The molecule has 3 aromatic carbocycles. The third-order valence-corrected chi connectivity index (χ3v) is 10.6. The van der Waals surface area contributed by atoms with Gasteiger partial charge in [-0.05, 0) is 92.2 Å². The van der Waals surface area contributed by atoms with E-state index in [1.807, 2.05) is 48.5 Å². The molecule has 5 heterocycles. The summed E-state index contributed by atoms with van der Waals surface area (Å²) in [5.41, 5.74) is 2.36. The second kappa shape index (κ2) is 17.2. The largest absolute Gasteiger partial charge is 0.506 e. The molecule has 3 saturated heterocycles. The van der Waals surface area contributed by atoms with Gasteiger partial charge in [-0.1, -0.05) is 48.5 Å². The van der Waals surface area contributed by atoms with Crippen LogP contribution in [0.3, 0.4) is 0 Å². The molecule has 0 radical (unpaired) electrons. The number of pyridine rings is 1. The Morgan fingerprint density at radius 3 is 2.55 bits per heavy atom. The number of amides is 2. The number of carbonyl (C=O) groups excluding carboxylic acids is 1. The van der Waals surface area contributed by atoms with E-state index >= 15 is 0 Å². The van der Waals surface area contributed by atoms with Gasteiger partial charge in [0.2, 0.25) is 11.4 Å². The molecule has 3 aliphatic rings. The second-order valence-corrected chi connectivity index (χ2v) is 14.2. The lowest BCUT2D eigenvalue weighted by molar-refractivity contribution is -0.000815. The highest BCUT2D eigenvalue weighted by Gasteiger charge is 2.43. The normalized spacial score (nSPS) is 18.8. The van der Waals surface area contributed by atoms with Gasteiger partial charge in [-0.15, -0.1) is 0 Å². The minimum atomic E-state index is -0.946. The van der Waals surface area contributed by atoms with Crippen molar-refractivity contribution in [3.05, 3.63) is 124 Å². The highest BCUT2D eigenvalue weighted by molar-refractivity contribution is 5.91. The molecular weight excluding hydrogens is 704 g/mol. The average Bonchev–Trinajstić information content (AvgIpc) is 3.69. The van der Waals surface area contributed by atoms with E-state index < -0.39 is 18.2 Å². The standard InChI is InChI=1S/C41H46N6O8/c48-34-13-11-30(31-12-14-36(50)45-38(31)34)35(49)22-42-17-4-5-18-43-40(51)32-24-55-37(44-32)25-54-29-10-6-9-28(21-29)39(27-7-2-1-3-8-27)47(41(52)53)33-23-46-19-15-26(33)16-20-46/h1-3,6-14,21,24,26,33,35,39,42,48-49H,4-5,15-20,22-23,25H2,(H,43,51)(H,45,50)(H,52,53)/t33-,35+,39?/m0/s1. The number of phenols is 1. The lowest BCUT2D eigenvalue weighted by atomic mass is 9.81. The zero-order valence-electron chi connectivity index (χ0n) is 30.4. The van der Waals surface area contributed by atoms with Crippen molar-refractivity contribution in [2.45, 2.75) is 50.5 Å². The number of ether oxygens (including phenoxy) is 1. The first-order valence-electron chi connectivity index (χ1n) is 18.7. The number of piperidine rings is 3. The maximum absolute atomic E-state index is 13.0. The molecule has 0 aliphatic carbocycles. The number of fused-ring (bicyclic) bond motifs is 4. The van der Waals surface area contributed by atoms with Crippen molar-refractivity contribution in [2.24, 2.45) is 5.92 Å². The lowest BCUT2D eigenvalue weighted by Gasteiger charge is -2.50. The second-order valence-electron chi connectivity index (χ2n) is 14.2. The topological polar surface area (TPSA) is 193 Å². The number of aromatic amines is 1. The summed E-state index contributed by atoms with van der Waals surface area (Å²) < 4.78 is 11.6. The SMILES string of the molecule is O=C(NCCCCNC[C@@H](O)c1ccc(O)c2[nH]c(=O)ccc12)c1coc(COc2cccc(C(c3ccccc3)N(C(=O)O)[C@H]3CN4CCC3CC4)c2)n1. The van der Waals surface area contributed by atoms with Crippen LogP contribution in [0.5, 0.6) is 11.5 Å². The van der Waals surface area contributed by atoms with E-state index in [-0.39, 0.29) is 53.5 Å². The van der Waals surface area contributed by atoms with Crippen LogP contribution in [0, 0.1) is 5.92 Å². The molecular formula is C41H46N6O8. The fourth-order valence-electron chi connectivity index (χ4n) is 7.81. The van der Waals surface area contributed by atoms with Crippen LogP contribution >= 0.6 is 0 Å². The predicted molar refractivity (Wildman–Crippen MR) is 204 cm³/mol. The number of carboxylic acid groups (broad SMARTS) is 1. The van der Waals surface area contributed by atoms with Crippen molar-refractivity contribution in [3.8, 4) is 11.5 Å². The fraction of sp³-hybridized carbons (Fsp3) is 0.366. The number of aliphatic hydroxyl groups is 1. The molecule has 14 heteroatoms. The van der Waals surface area contributed by atoms with Gasteiger partial charge in [-0.25, -0.2) is 9.78 Å². The lowest BCUT2D eigenvalue weighted by Crippen LogP contribution is -2.59. The summed E-state index contributed by atoms with van der Waals surface area (Å²) in [6, 6.07) is 22.5. The first-order valence-corrected chi connectivity index (χ1v) is 18.7. The number of aromatic nitrogens is 2. The van der Waals surface area contributed by atoms with Crippen LogP contribution in [0.4, 0.5) is 4.79 Å². The number of H-pyrrole nitrogens is 1. The molecule has 8 rings (SSSR count). The van der Waals surface area contributed by atoms with E-state index in [1.54, 1.807) is 23.1 Å². The Labute approximate surface area is 317 Å². The summed E-state index contributed by atoms with van der Waals surface area (Å²) >= 11 is 0. The van der Waals surface area contributed by atoms with Crippen molar-refractivity contribution in [3.63, 3.8) is 0 Å². The van der Waals surface area contributed by atoms with E-state index in [9.17, 15) is 29.7 Å². The molecule has 55 heavy (non-hydrogen) atoms. The number of hydrogen-bond donors (Lipinski definition) is 6. The van der Waals surface area contributed by atoms with Crippen LogP contribution in [-0.2, 0) is 6.61 Å². The van der Waals surface area contributed by atoms with Gasteiger partial charge in [0.25, 0.3) is 5.91 Å². The number of benzene rings is 3. The number of unbranched alkanes of at least 4 members (excludes halogenated alkanes) is 1. The monoisotopic (exact) mass is 750 g/mol. The molecule has 2 bridgehead atoms. The summed E-state index contributed by atoms with van der Waals surface area (Å²) in [5.74, 6) is 0.640. The van der Waals surface area contributed by atoms with E-state index in [1.165, 1.54) is 18.4 Å². The van der Waals surface area contributed by atoms with Crippen molar-refractivity contribution in [1.29, 1.82) is 0 Å². The van der Waals surface area contributed by atoms with E-state index in [4.69, 9.17) is 9.15 Å². The van der Waals surface area contributed by atoms with Crippen molar-refractivity contribution in [1.82, 2.24) is 30.4 Å². The van der Waals surface area contributed by atoms with Crippen LogP contribution in [-0.4, -0.2) is 92.4 Å². The third-order valence-electron chi connectivity index (χ3n) is 10.6. The zero-order chi connectivity index (χ0) is 38.3. The number of rotatable bonds is 16. The maximum Gasteiger partial charge on any atom is 0.408 e. The molecule has 2 amide bonds. The Balaban J connectivity index is 0.888. The van der Waals surface area contributed by atoms with Crippen molar-refractivity contribution < 1.29 is 34.1 Å². The van der Waals surface area contributed by atoms with E-state index in [2.05, 4.69) is 25.5 Å². The summed E-state index contributed by atoms with van der Waals surface area (Å²) in [4.78, 5) is 48.3. The highest BCUT2D eigenvalue weighted by atomic mass is 16.5. The highest BCUT2D eigenvalue weighted by Crippen LogP contribution is 2.39. The number of aromatic hydroxyl groups is 1. The minimum Gasteiger partial charge on any atom is -0.506 e. The van der Waals surface area contributed by atoms with Gasteiger partial charge >= 0.3 is 6.09 Å². The van der Waals surface area contributed by atoms with Gasteiger partial charge in [0.15, 0.2) is 12.3 Å². The van der Waals surface area contributed by atoms with Crippen molar-refractivity contribution in [2.75, 3.05) is 39.3 Å². The number of phenolic OH excluding ortho intramolecular Hbond substituents is 1. The molecule has 0 spiro atoms. The molecule has 5 aromatic rings. The number of oxazole rings is 1. The molecule has 0 saturated carbocycles. The Morgan fingerprint density at radius 2 is 1.78 bits per heavy atom. The van der Waals surface area contributed by atoms with Crippen molar-refractivity contribution >= 4 is 22.9 Å². The third kappa shape index (κ3) is 8.83. The fourth-order valence-corrected chi connectivity index (χ4v) is 7.81. The molecule has 1 unspecified atom stereocenters. The Morgan fingerprint density at radius 1 is 1.00 bits per heavy atom. The van der Waals surface area contributed by atoms with Gasteiger partial charge in [0.05, 0.1) is 23.7 Å². The van der Waals surface area contributed by atoms with Crippen LogP contribution in [0.15, 0.2) is 94.3 Å². The number of aliphatic hydroxyl groups excluding tert-OH is 1. The summed E-state index contributed by atoms with van der Waals surface area (Å²) in [5, 5.41) is 38.0. The summed E-state index contributed by atoms with van der Waals surface area (Å²) in [6.45, 7) is 4.02. The molecule has 6 N–H and O–H groups in total. The number of hydrogen-bond acceptors (Lipinski definition) is 10. The van der Waals surface area contributed by atoms with Gasteiger partial charge < -0.3 is 45.0 Å². The zero-order valence-corrected chi connectivity index (χ0v) is 30.4. The molecule has 2 aromatic heterocycles. The van der Waals surface area contributed by atoms with Crippen LogP contribution in [0.1, 0.15) is 70.9 Å².